The van der Waals surface area contributed by atoms with Gasteiger partial charge in [-0.05, 0) is 0 Å². The average molecular weight is 280 g/mol. The molecule has 0 spiro atoms. The Bertz CT molecular complexity index is 186. The molecule has 0 aliphatic heterocycles. The minimum absolute atomic E-state index is 0.0104. The molecule has 0 aliphatic rings. The zero-order chi connectivity index (χ0) is 9.78. The van der Waals surface area contributed by atoms with Gasteiger partial charge in [0.05, 0.1) is 0 Å². The van der Waals surface area contributed by atoms with Crippen LogP contribution in [0.15, 0.2) is 0 Å². The van der Waals surface area contributed by atoms with E-state index in [4.69, 9.17) is 3.07 Å². The van der Waals surface area contributed by atoms with Gasteiger partial charge in [-0.15, -0.1) is 0 Å². The van der Waals surface area contributed by atoms with Crippen LogP contribution in [0.5, 0.6) is 0 Å². The monoisotopic (exact) mass is 281 g/mol. The molecule has 0 aliphatic carbocycles. The molecule has 0 unspecified atom stereocenters. The summed E-state index contributed by atoms with van der Waals surface area (Å²) in [7, 11) is 0. The fourth-order valence-corrected chi connectivity index (χ4v) is 2.73. The van der Waals surface area contributed by atoms with Crippen molar-refractivity contribution < 1.29 is 12.7 Å². The molecule has 0 saturated heterocycles. The first-order chi connectivity index (χ1) is 5.31. The molecule has 1 N–H and O–H groups in total. The van der Waals surface area contributed by atoms with E-state index < -0.39 is 18.8 Å². The summed E-state index contributed by atoms with van der Waals surface area (Å²) < 4.78 is 5.14. The molecule has 0 radical (unpaired) electrons. The molecule has 12 heavy (non-hydrogen) atoms. The van der Waals surface area contributed by atoms with Gasteiger partial charge >= 0.3 is 76.9 Å². The van der Waals surface area contributed by atoms with E-state index in [1.807, 2.05) is 14.8 Å². The summed E-state index contributed by atoms with van der Waals surface area (Å²) in [6, 6.07) is 0. The third-order valence-electron chi connectivity index (χ3n) is 0.902. The molecule has 0 heterocycles. The van der Waals surface area contributed by atoms with Crippen LogP contribution >= 0.6 is 0 Å². The number of rotatable bonds is 3. The normalized spacial score (nSPS) is 10.7. The van der Waals surface area contributed by atoms with Gasteiger partial charge in [-0.1, -0.05) is 0 Å². The number of hydrogen-bond donors (Lipinski definition) is 1. The summed E-state index contributed by atoms with van der Waals surface area (Å²) in [6.45, 7) is 1.36. The third kappa shape index (κ3) is 7.84. The van der Waals surface area contributed by atoms with Crippen molar-refractivity contribution in [1.29, 1.82) is 0 Å². The summed E-state index contributed by atoms with van der Waals surface area (Å²) in [4.78, 5) is 27.4. The average Bonchev–Trinajstić information content (AvgIpc) is 1.79. The molecule has 0 aromatic rings. The Morgan fingerprint density at radius 2 is 1.83 bits per heavy atom. The molecule has 0 bridgehead atoms. The molecule has 0 saturated carbocycles. The Hall–Kier alpha value is -0.261. The van der Waals surface area contributed by atoms with Crippen molar-refractivity contribution in [3.63, 3.8) is 0 Å². The fourth-order valence-electron chi connectivity index (χ4n) is 0.574. The standard InChI is InChI=1S/C4H7NO3.3CH3.Sn/c1-3(6)5-2-4(7)8;;;;/h2H2,1H3,(H,5,6)(H,7,8);3*1H3;/q;;;;+1/p-1. The zero-order valence-electron chi connectivity index (χ0n) is 7.93. The predicted octanol–water partition coefficient (Wildman–Crippen LogP) is 0.501. The van der Waals surface area contributed by atoms with E-state index in [-0.39, 0.29) is 18.4 Å². The summed E-state index contributed by atoms with van der Waals surface area (Å²) in [6.07, 6.45) is 0. The van der Waals surface area contributed by atoms with Crippen LogP contribution in [-0.4, -0.2) is 37.2 Å². The number of carbonyl (C=O) groups is 2. The first kappa shape index (κ1) is 11.7. The first-order valence-electron chi connectivity index (χ1n) is 3.77. The van der Waals surface area contributed by atoms with E-state index in [1.54, 1.807) is 0 Å². The molecule has 0 aromatic carbocycles. The Kier molecular flexibility index (Phi) is 4.59. The molecule has 0 rings (SSSR count). The van der Waals surface area contributed by atoms with Crippen molar-refractivity contribution in [3.8, 4) is 0 Å². The van der Waals surface area contributed by atoms with Crippen LogP contribution in [0.25, 0.3) is 0 Å². The summed E-state index contributed by atoms with van der Waals surface area (Å²) in [5.41, 5.74) is 0. The molecule has 0 fully saturated rings. The Morgan fingerprint density at radius 3 is 2.17 bits per heavy atom. The quantitative estimate of drug-likeness (QED) is 0.766. The van der Waals surface area contributed by atoms with Crippen molar-refractivity contribution in [2.75, 3.05) is 6.54 Å². The van der Waals surface area contributed by atoms with Crippen molar-refractivity contribution >= 4 is 30.7 Å². The fraction of sp³-hybridized carbons (Fsp3) is 0.714. The van der Waals surface area contributed by atoms with Crippen LogP contribution in [0.3, 0.4) is 0 Å². The molecule has 0 aromatic heterocycles. The number of nitrogens with one attached hydrogen (secondary N) is 1. The van der Waals surface area contributed by atoms with Gasteiger partial charge in [0, 0.05) is 0 Å². The molecule has 4 nitrogen and oxygen atoms in total. The van der Waals surface area contributed by atoms with Gasteiger partial charge in [-0.2, -0.15) is 0 Å². The third-order valence-corrected chi connectivity index (χ3v) is 3.30. The van der Waals surface area contributed by atoms with Crippen LogP contribution < -0.4 is 5.32 Å². The van der Waals surface area contributed by atoms with E-state index in [2.05, 4.69) is 5.32 Å². The Balaban J connectivity index is 3.68. The predicted molar refractivity (Wildman–Crippen MR) is 48.1 cm³/mol. The van der Waals surface area contributed by atoms with Crippen LogP contribution in [0.4, 0.5) is 0 Å². The van der Waals surface area contributed by atoms with Gasteiger partial charge in [0.15, 0.2) is 0 Å². The van der Waals surface area contributed by atoms with Crippen molar-refractivity contribution in [1.82, 2.24) is 5.32 Å². The molecular weight excluding hydrogens is 265 g/mol. The SMILES string of the molecule is CC(=O)NCC(=O)[O][Sn]([CH3])([CH3])[CH3]. The van der Waals surface area contributed by atoms with Gasteiger partial charge in [0.2, 0.25) is 0 Å². The number of carbonyl (C=O) groups excluding carboxylic acids is 2. The summed E-state index contributed by atoms with van der Waals surface area (Å²) >= 11 is -2.46. The molecule has 1 amide bonds. The topological polar surface area (TPSA) is 55.4 Å². The number of amides is 1. The second-order valence-corrected chi connectivity index (χ2v) is 16.1. The van der Waals surface area contributed by atoms with Gasteiger partial charge in [-0.3, -0.25) is 0 Å². The van der Waals surface area contributed by atoms with Crippen molar-refractivity contribution in [3.05, 3.63) is 0 Å². The Labute approximate surface area is 77.1 Å². The Morgan fingerprint density at radius 1 is 1.33 bits per heavy atom. The van der Waals surface area contributed by atoms with Gasteiger partial charge in [0.25, 0.3) is 0 Å². The van der Waals surface area contributed by atoms with Gasteiger partial charge in [0.1, 0.15) is 0 Å². The number of hydrogen-bond acceptors (Lipinski definition) is 3. The minimum atomic E-state index is -2.46. The van der Waals surface area contributed by atoms with Gasteiger partial charge < -0.3 is 0 Å². The summed E-state index contributed by atoms with van der Waals surface area (Å²) in [5.74, 6) is -0.537. The second-order valence-electron chi connectivity index (χ2n) is 3.50. The maximum absolute atomic E-state index is 11.0. The van der Waals surface area contributed by atoms with Crippen LogP contribution in [0.2, 0.25) is 14.8 Å². The first-order valence-corrected chi connectivity index (χ1v) is 13.5. The maximum atomic E-state index is 11.0. The zero-order valence-corrected chi connectivity index (χ0v) is 10.8. The van der Waals surface area contributed by atoms with E-state index in [0.717, 1.165) is 0 Å². The van der Waals surface area contributed by atoms with Crippen LogP contribution in [0.1, 0.15) is 6.92 Å². The van der Waals surface area contributed by atoms with E-state index in [0.29, 0.717) is 0 Å². The van der Waals surface area contributed by atoms with E-state index >= 15 is 0 Å². The summed E-state index contributed by atoms with van der Waals surface area (Å²) in [5, 5.41) is 2.39. The second kappa shape index (κ2) is 4.69. The van der Waals surface area contributed by atoms with Crippen LogP contribution in [-0.2, 0) is 12.7 Å². The molecule has 0 atom stereocenters. The van der Waals surface area contributed by atoms with E-state index in [9.17, 15) is 9.59 Å². The van der Waals surface area contributed by atoms with Crippen LogP contribution in [0, 0.1) is 0 Å². The van der Waals surface area contributed by atoms with Crippen molar-refractivity contribution in [2.45, 2.75) is 21.7 Å². The molecule has 5 heteroatoms. The van der Waals surface area contributed by atoms with Gasteiger partial charge in [-0.25, -0.2) is 0 Å². The molecular formula is C7H15NO3Sn. The van der Waals surface area contributed by atoms with Crippen molar-refractivity contribution in [2.24, 2.45) is 0 Å². The van der Waals surface area contributed by atoms with E-state index in [1.165, 1.54) is 6.92 Å². The molecule has 70 valence electrons.